The van der Waals surface area contributed by atoms with Gasteiger partial charge in [0.05, 0.1) is 41.6 Å². The Hall–Kier alpha value is -2.77. The molecule has 1 unspecified atom stereocenters. The fourth-order valence-corrected chi connectivity index (χ4v) is 3.14. The minimum atomic E-state index is -0.0916. The smallest absolute Gasteiger partial charge is 0.271 e. The molecular weight excluding hydrogens is 294 g/mol. The van der Waals surface area contributed by atoms with Gasteiger partial charge in [-0.25, -0.2) is 4.98 Å². The Morgan fingerprint density at radius 2 is 2.35 bits per heavy atom. The summed E-state index contributed by atoms with van der Waals surface area (Å²) in [5.41, 5.74) is 4.17. The third kappa shape index (κ3) is 2.26. The molecule has 23 heavy (non-hydrogen) atoms. The first-order chi connectivity index (χ1) is 11.3. The highest BCUT2D eigenvalue weighted by molar-refractivity contribution is 6.45. The van der Waals surface area contributed by atoms with Gasteiger partial charge in [-0.1, -0.05) is 6.92 Å². The van der Waals surface area contributed by atoms with Crippen molar-refractivity contribution in [1.29, 1.82) is 0 Å². The van der Waals surface area contributed by atoms with E-state index < -0.39 is 0 Å². The van der Waals surface area contributed by atoms with Crippen LogP contribution in [0, 0.1) is 5.92 Å². The third-order valence-electron chi connectivity index (χ3n) is 4.39. The minimum Gasteiger partial charge on any atom is -0.347 e. The van der Waals surface area contributed by atoms with Crippen LogP contribution in [0.3, 0.4) is 0 Å². The van der Waals surface area contributed by atoms with Crippen LogP contribution in [-0.4, -0.2) is 48.9 Å². The molecule has 0 aromatic carbocycles. The largest absolute Gasteiger partial charge is 0.347 e. The lowest BCUT2D eigenvalue weighted by atomic mass is 9.92. The molecule has 2 aliphatic heterocycles. The van der Waals surface area contributed by atoms with Crippen LogP contribution in [0.25, 0.3) is 0 Å². The Morgan fingerprint density at radius 1 is 1.43 bits per heavy atom. The predicted molar refractivity (Wildman–Crippen MR) is 84.0 cm³/mol. The standard InChI is InChI=1S/C15H17N7O/c1-2-9-13(11-3-5-18-19-11)20-21-14(9)15(23)22-6-4-10-12(7-22)17-8-16-10/h3,5,8-9H,2,4,6-7H2,1H3,(H,16,17)(H,18,19). The maximum atomic E-state index is 12.9. The molecule has 2 N–H and O–H groups in total. The van der Waals surface area contributed by atoms with Crippen molar-refractivity contribution >= 4 is 17.3 Å². The quantitative estimate of drug-likeness (QED) is 0.880. The molecule has 0 radical (unpaired) electrons. The van der Waals surface area contributed by atoms with Crippen LogP contribution < -0.4 is 0 Å². The molecule has 8 heteroatoms. The zero-order valence-electron chi connectivity index (χ0n) is 12.8. The molecule has 4 heterocycles. The number of nitrogens with zero attached hydrogens (tertiary/aromatic N) is 5. The number of carbonyl (C=O) groups is 1. The molecule has 4 rings (SSSR count). The Morgan fingerprint density at radius 3 is 3.13 bits per heavy atom. The summed E-state index contributed by atoms with van der Waals surface area (Å²) in [7, 11) is 0. The first kappa shape index (κ1) is 13.9. The van der Waals surface area contributed by atoms with Crippen molar-refractivity contribution in [2.75, 3.05) is 6.54 Å². The van der Waals surface area contributed by atoms with Crippen molar-refractivity contribution in [3.8, 4) is 0 Å². The second kappa shape index (κ2) is 5.45. The van der Waals surface area contributed by atoms with Crippen LogP contribution in [0.4, 0.5) is 0 Å². The number of hydrogen-bond donors (Lipinski definition) is 2. The Kier molecular flexibility index (Phi) is 3.29. The van der Waals surface area contributed by atoms with E-state index in [4.69, 9.17) is 0 Å². The molecule has 0 aliphatic carbocycles. The summed E-state index contributed by atoms with van der Waals surface area (Å²) >= 11 is 0. The molecule has 0 fully saturated rings. The van der Waals surface area contributed by atoms with Crippen LogP contribution in [0.15, 0.2) is 28.8 Å². The number of amides is 1. The van der Waals surface area contributed by atoms with Crippen LogP contribution in [0.2, 0.25) is 0 Å². The average Bonchev–Trinajstić information content (AvgIpc) is 3.31. The van der Waals surface area contributed by atoms with Crippen LogP contribution >= 0.6 is 0 Å². The van der Waals surface area contributed by atoms with E-state index in [1.54, 1.807) is 12.5 Å². The Labute approximate surface area is 132 Å². The van der Waals surface area contributed by atoms with Crippen molar-refractivity contribution in [1.82, 2.24) is 25.1 Å². The van der Waals surface area contributed by atoms with E-state index in [0.29, 0.717) is 18.8 Å². The third-order valence-corrected chi connectivity index (χ3v) is 4.39. The lowest BCUT2D eigenvalue weighted by Crippen LogP contribution is -2.43. The number of fused-ring (bicyclic) bond motifs is 1. The Balaban J connectivity index is 1.54. The number of aromatic nitrogens is 4. The van der Waals surface area contributed by atoms with Crippen LogP contribution in [0.1, 0.15) is 30.4 Å². The average molecular weight is 311 g/mol. The number of aromatic amines is 2. The van der Waals surface area contributed by atoms with E-state index in [1.807, 2.05) is 17.9 Å². The number of nitrogens with one attached hydrogen (secondary N) is 2. The summed E-state index contributed by atoms with van der Waals surface area (Å²) in [6.07, 6.45) is 4.89. The number of carbonyl (C=O) groups excluding carboxylic acids is 1. The van der Waals surface area contributed by atoms with E-state index in [2.05, 4.69) is 30.4 Å². The highest BCUT2D eigenvalue weighted by Gasteiger charge is 2.35. The molecular formula is C15H17N7O. The van der Waals surface area contributed by atoms with Gasteiger partial charge in [0.25, 0.3) is 5.91 Å². The fraction of sp³-hybridized carbons (Fsp3) is 0.400. The van der Waals surface area contributed by atoms with Crippen molar-refractivity contribution in [3.63, 3.8) is 0 Å². The SMILES string of the molecule is CCC1C(C(=O)N2CCc3nc[nH]c3C2)=NN=C1c1ccn[nH]1. The van der Waals surface area contributed by atoms with Crippen molar-refractivity contribution in [2.24, 2.45) is 16.1 Å². The van der Waals surface area contributed by atoms with Gasteiger partial charge in [0.15, 0.2) is 0 Å². The van der Waals surface area contributed by atoms with Gasteiger partial charge in [0.2, 0.25) is 0 Å². The van der Waals surface area contributed by atoms with E-state index in [1.165, 1.54) is 0 Å². The minimum absolute atomic E-state index is 0.0460. The van der Waals surface area contributed by atoms with Gasteiger partial charge >= 0.3 is 0 Å². The van der Waals surface area contributed by atoms with Crippen LogP contribution in [0.5, 0.6) is 0 Å². The number of rotatable bonds is 3. The molecule has 0 spiro atoms. The molecule has 118 valence electrons. The van der Waals surface area contributed by atoms with Gasteiger partial charge in [-0.15, -0.1) is 5.10 Å². The van der Waals surface area contributed by atoms with E-state index in [-0.39, 0.29) is 11.8 Å². The maximum absolute atomic E-state index is 12.9. The molecule has 1 amide bonds. The molecule has 8 nitrogen and oxygen atoms in total. The fourth-order valence-electron chi connectivity index (χ4n) is 3.14. The molecule has 2 aromatic heterocycles. The molecule has 0 bridgehead atoms. The van der Waals surface area contributed by atoms with Gasteiger partial charge in [-0.05, 0) is 12.5 Å². The van der Waals surface area contributed by atoms with Crippen molar-refractivity contribution in [2.45, 2.75) is 26.3 Å². The van der Waals surface area contributed by atoms with Gasteiger partial charge in [0.1, 0.15) is 5.71 Å². The zero-order chi connectivity index (χ0) is 15.8. The zero-order valence-corrected chi connectivity index (χ0v) is 12.8. The summed E-state index contributed by atoms with van der Waals surface area (Å²) in [6, 6.07) is 1.85. The first-order valence-electron chi connectivity index (χ1n) is 7.73. The molecule has 0 saturated heterocycles. The highest BCUT2D eigenvalue weighted by Crippen LogP contribution is 2.23. The van der Waals surface area contributed by atoms with Gasteiger partial charge in [-0.3, -0.25) is 9.89 Å². The summed E-state index contributed by atoms with van der Waals surface area (Å²) in [5.74, 6) is -0.138. The number of hydrogen-bond acceptors (Lipinski definition) is 5. The lowest BCUT2D eigenvalue weighted by Gasteiger charge is -2.27. The van der Waals surface area contributed by atoms with Gasteiger partial charge in [-0.2, -0.15) is 10.2 Å². The van der Waals surface area contributed by atoms with Crippen molar-refractivity contribution in [3.05, 3.63) is 35.7 Å². The molecule has 0 saturated carbocycles. The predicted octanol–water partition coefficient (Wildman–Crippen LogP) is 0.903. The van der Waals surface area contributed by atoms with E-state index >= 15 is 0 Å². The van der Waals surface area contributed by atoms with Crippen molar-refractivity contribution < 1.29 is 4.79 Å². The van der Waals surface area contributed by atoms with Gasteiger partial charge in [0, 0.05) is 19.2 Å². The van der Waals surface area contributed by atoms with Crippen LogP contribution in [-0.2, 0) is 17.8 Å². The number of H-pyrrole nitrogens is 2. The summed E-state index contributed by atoms with van der Waals surface area (Å²) in [4.78, 5) is 22.1. The lowest BCUT2D eigenvalue weighted by molar-refractivity contribution is -0.125. The highest BCUT2D eigenvalue weighted by atomic mass is 16.2. The normalized spacial score (nSPS) is 20.2. The van der Waals surface area contributed by atoms with E-state index in [9.17, 15) is 4.79 Å². The maximum Gasteiger partial charge on any atom is 0.271 e. The number of imidazole rings is 1. The second-order valence-corrected chi connectivity index (χ2v) is 5.71. The van der Waals surface area contributed by atoms with Gasteiger partial charge < -0.3 is 9.88 Å². The first-order valence-corrected chi connectivity index (χ1v) is 7.73. The summed E-state index contributed by atoms with van der Waals surface area (Å²) in [5, 5.41) is 15.3. The molecule has 1 atom stereocenters. The molecule has 2 aliphatic rings. The summed E-state index contributed by atoms with van der Waals surface area (Å²) < 4.78 is 0. The van der Waals surface area contributed by atoms with E-state index in [0.717, 1.165) is 35.6 Å². The topological polar surface area (TPSA) is 102 Å². The summed E-state index contributed by atoms with van der Waals surface area (Å²) in [6.45, 7) is 3.24. The monoisotopic (exact) mass is 311 g/mol. The molecule has 2 aromatic rings. The Bertz CT molecular complexity index is 787. The second-order valence-electron chi connectivity index (χ2n) is 5.71.